The predicted molar refractivity (Wildman–Crippen MR) is 136 cm³/mol. The molecule has 190 valence electrons. The van der Waals surface area contributed by atoms with Gasteiger partial charge in [-0.05, 0) is 93.8 Å². The lowest BCUT2D eigenvalue weighted by molar-refractivity contribution is -0.148. The molecule has 0 heterocycles. The van der Waals surface area contributed by atoms with Crippen LogP contribution in [0.3, 0.4) is 0 Å². The van der Waals surface area contributed by atoms with Gasteiger partial charge in [-0.25, -0.2) is 0 Å². The molecule has 4 rings (SSSR count). The van der Waals surface area contributed by atoms with Crippen LogP contribution in [0.5, 0.6) is 0 Å². The van der Waals surface area contributed by atoms with E-state index in [2.05, 4.69) is 26.0 Å². The van der Waals surface area contributed by atoms with E-state index in [-0.39, 0.29) is 28.8 Å². The molecule has 4 heteroatoms. The van der Waals surface area contributed by atoms with Crippen molar-refractivity contribution in [1.82, 2.24) is 0 Å². The number of rotatable bonds is 5. The average molecular weight is 474 g/mol. The largest absolute Gasteiger partial charge is 0.462 e. The third kappa shape index (κ3) is 4.23. The van der Waals surface area contributed by atoms with Gasteiger partial charge >= 0.3 is 5.97 Å². The summed E-state index contributed by atoms with van der Waals surface area (Å²) in [7, 11) is 0. The van der Waals surface area contributed by atoms with Crippen LogP contribution in [-0.4, -0.2) is 33.5 Å². The number of esters is 1. The van der Waals surface area contributed by atoms with Gasteiger partial charge in [-0.1, -0.05) is 56.1 Å². The first-order chi connectivity index (χ1) is 16.9. The van der Waals surface area contributed by atoms with E-state index in [1.165, 1.54) is 44.9 Å². The molecule has 3 fully saturated rings. The summed E-state index contributed by atoms with van der Waals surface area (Å²) in [6.07, 6.45) is 14.2. The second kappa shape index (κ2) is 8.62. The normalized spacial score (nSPS) is 42.1. The maximum absolute atomic E-state index is 11.5. The molecule has 0 saturated heterocycles. The van der Waals surface area contributed by atoms with E-state index in [4.69, 9.17) is 8.85 Å². The summed E-state index contributed by atoms with van der Waals surface area (Å²) in [5, 5.41) is 21.2. The molecule has 2 unspecified atom stereocenters. The Balaban J connectivity index is 1.63. The number of ether oxygens (including phenoxy) is 1. The first-order valence-electron chi connectivity index (χ1n) is 14.6. The van der Waals surface area contributed by atoms with E-state index in [0.717, 1.165) is 44.9 Å². The molecule has 3 saturated carbocycles. The maximum atomic E-state index is 11.5. The Bertz CT molecular complexity index is 1000. The summed E-state index contributed by atoms with van der Waals surface area (Å²) < 4.78 is 30.7. The fraction of sp³-hybridized carbons (Fsp3) is 0.767. The number of allylic oxidation sites excluding steroid dienone is 4. The lowest BCUT2D eigenvalue weighted by Crippen LogP contribution is -2.47. The Kier molecular flexibility index (Phi) is 5.54. The fourth-order valence-corrected chi connectivity index (χ4v) is 7.56. The molecule has 4 aliphatic carbocycles. The SMILES string of the molecule is [2H]C([2H])([2H])C(/C=C/C(C)(O)C(C)(C)O)[C@H]1CC[C@H]2C3=CC=C4C[C@@H](OC(C)=O)CC[C@]4(C)[C@H]3CC[C@]12C. The minimum absolute atomic E-state index is 0.0291. The van der Waals surface area contributed by atoms with Gasteiger partial charge in [0.2, 0.25) is 0 Å². The molecule has 0 radical (unpaired) electrons. The molecule has 0 aromatic heterocycles. The summed E-state index contributed by atoms with van der Waals surface area (Å²) in [5.74, 6) is -0.143. The van der Waals surface area contributed by atoms with Gasteiger partial charge in [0.25, 0.3) is 0 Å². The zero-order chi connectivity index (χ0) is 27.6. The monoisotopic (exact) mass is 473 g/mol. The van der Waals surface area contributed by atoms with E-state index in [1.54, 1.807) is 6.08 Å². The smallest absolute Gasteiger partial charge is 0.302 e. The van der Waals surface area contributed by atoms with Crippen LogP contribution in [0.4, 0.5) is 0 Å². The van der Waals surface area contributed by atoms with Crippen LogP contribution in [-0.2, 0) is 9.53 Å². The minimum Gasteiger partial charge on any atom is -0.462 e. The van der Waals surface area contributed by atoms with Crippen LogP contribution in [0, 0.1) is 34.5 Å². The topological polar surface area (TPSA) is 66.8 Å². The van der Waals surface area contributed by atoms with Crippen molar-refractivity contribution < 1.29 is 23.9 Å². The molecule has 0 bridgehead atoms. The van der Waals surface area contributed by atoms with Gasteiger partial charge in [-0.15, -0.1) is 0 Å². The van der Waals surface area contributed by atoms with Crippen LogP contribution in [0.15, 0.2) is 35.5 Å². The summed E-state index contributed by atoms with van der Waals surface area (Å²) in [6.45, 7) is 8.54. The average Bonchev–Trinajstić information content (AvgIpc) is 3.09. The number of hydrogen-bond donors (Lipinski definition) is 2. The Morgan fingerprint density at radius 1 is 1.15 bits per heavy atom. The van der Waals surface area contributed by atoms with Gasteiger partial charge in [0.1, 0.15) is 11.7 Å². The van der Waals surface area contributed by atoms with Crippen LogP contribution in [0.1, 0.15) is 97.5 Å². The molecule has 8 atom stereocenters. The van der Waals surface area contributed by atoms with Gasteiger partial charge in [0.15, 0.2) is 0 Å². The maximum Gasteiger partial charge on any atom is 0.302 e. The minimum atomic E-state index is -2.19. The fourth-order valence-electron chi connectivity index (χ4n) is 7.56. The molecule has 34 heavy (non-hydrogen) atoms. The highest BCUT2D eigenvalue weighted by Gasteiger charge is 2.57. The van der Waals surface area contributed by atoms with E-state index in [1.807, 2.05) is 0 Å². The molecule has 4 nitrogen and oxygen atoms in total. The third-order valence-electron chi connectivity index (χ3n) is 10.2. The molecule has 0 amide bonds. The van der Waals surface area contributed by atoms with Crippen molar-refractivity contribution in [3.63, 3.8) is 0 Å². The van der Waals surface area contributed by atoms with Crippen molar-refractivity contribution in [2.45, 2.75) is 111 Å². The van der Waals surface area contributed by atoms with Crippen molar-refractivity contribution >= 4 is 5.97 Å². The first kappa shape index (κ1) is 21.9. The van der Waals surface area contributed by atoms with E-state index >= 15 is 0 Å². The van der Waals surface area contributed by atoms with Gasteiger partial charge in [-0.2, -0.15) is 0 Å². The summed E-state index contributed by atoms with van der Waals surface area (Å²) in [5.41, 5.74) is -0.124. The molecule has 0 aromatic carbocycles. The Morgan fingerprint density at radius 2 is 1.88 bits per heavy atom. The summed E-state index contributed by atoms with van der Waals surface area (Å²) in [6, 6.07) is 0. The van der Waals surface area contributed by atoms with E-state index < -0.39 is 24.0 Å². The Hall–Kier alpha value is -1.39. The van der Waals surface area contributed by atoms with Gasteiger partial charge in [0.05, 0.1) is 5.60 Å². The van der Waals surface area contributed by atoms with Crippen molar-refractivity contribution in [3.8, 4) is 0 Å². The van der Waals surface area contributed by atoms with Gasteiger partial charge in [0, 0.05) is 17.5 Å². The van der Waals surface area contributed by atoms with Crippen molar-refractivity contribution in [3.05, 3.63) is 35.5 Å². The third-order valence-corrected chi connectivity index (χ3v) is 10.2. The number of fused-ring (bicyclic) bond motifs is 5. The second-order valence-electron chi connectivity index (χ2n) is 12.7. The van der Waals surface area contributed by atoms with Crippen LogP contribution in [0.2, 0.25) is 0 Å². The number of hydrogen-bond acceptors (Lipinski definition) is 4. The van der Waals surface area contributed by atoms with Crippen LogP contribution in [0.25, 0.3) is 0 Å². The van der Waals surface area contributed by atoms with Crippen molar-refractivity contribution in [1.29, 1.82) is 0 Å². The molecule has 4 aliphatic rings. The van der Waals surface area contributed by atoms with E-state index in [0.29, 0.717) is 11.8 Å². The Morgan fingerprint density at radius 3 is 2.53 bits per heavy atom. The summed E-state index contributed by atoms with van der Waals surface area (Å²) >= 11 is 0. The van der Waals surface area contributed by atoms with Crippen LogP contribution < -0.4 is 0 Å². The molecule has 0 aromatic rings. The Labute approximate surface area is 210 Å². The first-order valence-corrected chi connectivity index (χ1v) is 13.1. The van der Waals surface area contributed by atoms with Crippen LogP contribution >= 0.6 is 0 Å². The van der Waals surface area contributed by atoms with Crippen molar-refractivity contribution in [2.75, 3.05) is 0 Å². The molecule has 0 spiro atoms. The molecule has 0 aliphatic heterocycles. The lowest BCUT2D eigenvalue weighted by Gasteiger charge is -2.55. The number of aliphatic hydroxyl groups is 2. The zero-order valence-corrected chi connectivity index (χ0v) is 21.9. The number of carbonyl (C=O) groups is 1. The highest BCUT2D eigenvalue weighted by molar-refractivity contribution is 5.66. The highest BCUT2D eigenvalue weighted by Crippen LogP contribution is 2.66. The second-order valence-corrected chi connectivity index (χ2v) is 12.7. The quantitative estimate of drug-likeness (QED) is 0.372. The van der Waals surface area contributed by atoms with E-state index in [9.17, 15) is 15.0 Å². The molecule has 2 N–H and O–H groups in total. The molecular weight excluding hydrogens is 424 g/mol. The highest BCUT2D eigenvalue weighted by atomic mass is 16.5. The zero-order valence-electron chi connectivity index (χ0n) is 24.9. The molecular formula is C30H46O4. The predicted octanol–water partition coefficient (Wildman–Crippen LogP) is 6.13. The number of carbonyl (C=O) groups excluding carboxylic acids is 1. The van der Waals surface area contributed by atoms with Crippen molar-refractivity contribution in [2.24, 2.45) is 34.5 Å². The van der Waals surface area contributed by atoms with Gasteiger partial charge in [-0.3, -0.25) is 4.79 Å². The standard InChI is InChI=1S/C30H46O4/c1-19(12-17-30(7,33)27(3,4)32)24-10-11-25-23-9-8-21-18-22(34-20(2)31)13-15-28(21,5)26(23)14-16-29(24,25)6/h8-9,12,17,19,22,24-26,32-33H,10-11,13-16,18H2,1-7H3/b17-12+/t19?,22-,24+,25-,26-,28-,29+,30?/m0/s1/i1D3. The van der Waals surface area contributed by atoms with Gasteiger partial charge < -0.3 is 14.9 Å². The lowest BCUT2D eigenvalue weighted by atomic mass is 9.50. The summed E-state index contributed by atoms with van der Waals surface area (Å²) in [4.78, 5) is 11.5.